The molecule has 2 nitrogen and oxygen atoms in total. The zero-order valence-corrected chi connectivity index (χ0v) is 14.5. The molecular formula is C14H25BrN2S. The molecular weight excluding hydrogens is 308 g/mol. The zero-order chi connectivity index (χ0) is 13.8. The maximum atomic E-state index is 3.53. The number of hydrogen-bond donors (Lipinski definition) is 1. The second-order valence-electron chi connectivity index (χ2n) is 6.13. The molecule has 0 spiro atoms. The van der Waals surface area contributed by atoms with Crippen LogP contribution in [0.25, 0.3) is 0 Å². The van der Waals surface area contributed by atoms with E-state index in [-0.39, 0.29) is 0 Å². The van der Waals surface area contributed by atoms with E-state index in [2.05, 4.69) is 72.3 Å². The van der Waals surface area contributed by atoms with Crippen molar-refractivity contribution in [1.29, 1.82) is 0 Å². The predicted molar refractivity (Wildman–Crippen MR) is 85.3 cm³/mol. The van der Waals surface area contributed by atoms with Crippen LogP contribution in [0.15, 0.2) is 15.2 Å². The summed E-state index contributed by atoms with van der Waals surface area (Å²) in [4.78, 5) is 2.40. The Morgan fingerprint density at radius 3 is 2.61 bits per heavy atom. The zero-order valence-electron chi connectivity index (χ0n) is 12.1. The average Bonchev–Trinajstić information content (AvgIpc) is 2.60. The predicted octanol–water partition coefficient (Wildman–Crippen LogP) is 3.97. The van der Waals surface area contributed by atoms with Crippen molar-refractivity contribution in [3.8, 4) is 0 Å². The Labute approximate surface area is 124 Å². The lowest BCUT2D eigenvalue weighted by atomic mass is 9.92. The molecule has 1 N–H and O–H groups in total. The Morgan fingerprint density at radius 1 is 1.44 bits per heavy atom. The molecule has 0 aromatic carbocycles. The Hall–Kier alpha value is 0.100. The molecule has 1 rings (SSSR count). The molecule has 0 bridgehead atoms. The number of nitrogens with one attached hydrogen (secondary N) is 1. The van der Waals surface area contributed by atoms with Crippen LogP contribution in [0.2, 0.25) is 0 Å². The summed E-state index contributed by atoms with van der Waals surface area (Å²) >= 11 is 5.27. The van der Waals surface area contributed by atoms with E-state index < -0.39 is 0 Å². The minimum atomic E-state index is 0.298. The van der Waals surface area contributed by atoms with Crippen molar-refractivity contribution in [2.75, 3.05) is 20.1 Å². The largest absolute Gasteiger partial charge is 0.314 e. The van der Waals surface area contributed by atoms with E-state index in [0.29, 0.717) is 11.5 Å². The first kappa shape index (κ1) is 16.2. The van der Waals surface area contributed by atoms with Crippen LogP contribution >= 0.6 is 27.3 Å². The molecule has 104 valence electrons. The van der Waals surface area contributed by atoms with Gasteiger partial charge in [-0.2, -0.15) is 0 Å². The molecule has 0 aliphatic carbocycles. The lowest BCUT2D eigenvalue weighted by Gasteiger charge is -2.31. The van der Waals surface area contributed by atoms with Crippen molar-refractivity contribution in [1.82, 2.24) is 10.2 Å². The highest BCUT2D eigenvalue weighted by Crippen LogP contribution is 2.23. The van der Waals surface area contributed by atoms with Crippen LogP contribution in [-0.4, -0.2) is 31.1 Å². The third kappa shape index (κ3) is 6.32. The summed E-state index contributed by atoms with van der Waals surface area (Å²) in [6, 6.07) is 2.77. The van der Waals surface area contributed by atoms with E-state index in [0.717, 1.165) is 19.6 Å². The van der Waals surface area contributed by atoms with E-state index in [1.165, 1.54) is 9.35 Å². The normalized spacial score (nSPS) is 12.7. The number of thiophene rings is 1. The summed E-state index contributed by atoms with van der Waals surface area (Å²) in [6.07, 6.45) is 0. The van der Waals surface area contributed by atoms with Gasteiger partial charge in [0.1, 0.15) is 0 Å². The molecule has 1 aromatic heterocycles. The lowest BCUT2D eigenvalue weighted by Crippen LogP contribution is -2.40. The van der Waals surface area contributed by atoms with Crippen LogP contribution in [-0.2, 0) is 6.54 Å². The summed E-state index contributed by atoms with van der Waals surface area (Å²) in [5, 5.41) is 5.75. The third-order valence-corrected chi connectivity index (χ3v) is 4.31. The minimum absolute atomic E-state index is 0.298. The first-order valence-corrected chi connectivity index (χ1v) is 8.10. The van der Waals surface area contributed by atoms with Crippen LogP contribution in [0.3, 0.4) is 0 Å². The Morgan fingerprint density at radius 2 is 2.11 bits per heavy atom. The highest BCUT2D eigenvalue weighted by Gasteiger charge is 2.20. The Balaban J connectivity index is 2.40. The van der Waals surface area contributed by atoms with Crippen LogP contribution in [0, 0.1) is 5.41 Å². The second kappa shape index (κ2) is 7.04. The van der Waals surface area contributed by atoms with E-state index in [1.807, 2.05) is 0 Å². The third-order valence-electron chi connectivity index (χ3n) is 2.76. The van der Waals surface area contributed by atoms with Gasteiger partial charge in [0, 0.05) is 25.7 Å². The molecule has 1 aromatic rings. The minimum Gasteiger partial charge on any atom is -0.314 e. The van der Waals surface area contributed by atoms with Gasteiger partial charge in [-0.15, -0.1) is 11.3 Å². The van der Waals surface area contributed by atoms with Crippen molar-refractivity contribution in [3.63, 3.8) is 0 Å². The summed E-state index contributed by atoms with van der Waals surface area (Å²) in [7, 11) is 2.20. The van der Waals surface area contributed by atoms with E-state index in [9.17, 15) is 0 Å². The molecule has 0 aliphatic rings. The molecule has 0 saturated carbocycles. The van der Waals surface area contributed by atoms with Crippen molar-refractivity contribution in [2.45, 2.75) is 40.3 Å². The van der Waals surface area contributed by atoms with Gasteiger partial charge in [0.2, 0.25) is 0 Å². The fraction of sp³-hybridized carbons (Fsp3) is 0.714. The molecule has 0 aliphatic heterocycles. The molecule has 0 radical (unpaired) electrons. The summed E-state index contributed by atoms with van der Waals surface area (Å²) in [5.74, 6) is 0. The van der Waals surface area contributed by atoms with Gasteiger partial charge in [-0.3, -0.25) is 0 Å². The average molecular weight is 333 g/mol. The Kier molecular flexibility index (Phi) is 6.31. The van der Waals surface area contributed by atoms with Crippen LogP contribution in [0.5, 0.6) is 0 Å². The van der Waals surface area contributed by atoms with Gasteiger partial charge in [-0.25, -0.2) is 0 Å². The van der Waals surface area contributed by atoms with Crippen molar-refractivity contribution in [3.05, 3.63) is 20.8 Å². The topological polar surface area (TPSA) is 15.3 Å². The quantitative estimate of drug-likeness (QED) is 0.812. The second-order valence-corrected chi connectivity index (χ2v) is 8.42. The van der Waals surface area contributed by atoms with Gasteiger partial charge in [0.05, 0.1) is 3.79 Å². The molecule has 1 heterocycles. The highest BCUT2D eigenvalue weighted by molar-refractivity contribution is 9.11. The fourth-order valence-electron chi connectivity index (χ4n) is 2.06. The Bertz CT molecular complexity index is 360. The van der Waals surface area contributed by atoms with Crippen molar-refractivity contribution >= 4 is 27.3 Å². The number of rotatable bonds is 7. The van der Waals surface area contributed by atoms with Crippen LogP contribution in [0.1, 0.15) is 33.3 Å². The number of halogens is 1. The molecule has 0 saturated heterocycles. The number of nitrogens with zero attached hydrogens (tertiary/aromatic N) is 1. The first-order chi connectivity index (χ1) is 8.28. The van der Waals surface area contributed by atoms with Gasteiger partial charge in [-0.1, -0.05) is 27.7 Å². The van der Waals surface area contributed by atoms with E-state index in [4.69, 9.17) is 0 Å². The SMILES string of the molecule is CC(C)NCC(C)(C)CN(C)Cc1csc(Br)c1. The lowest BCUT2D eigenvalue weighted by molar-refractivity contribution is 0.195. The fourth-order valence-corrected chi connectivity index (χ4v) is 3.26. The maximum absolute atomic E-state index is 3.53. The standard InChI is InChI=1S/C14H25BrN2S/c1-11(2)16-9-14(3,4)10-17(5)7-12-6-13(15)18-8-12/h6,8,11,16H,7,9-10H2,1-5H3. The van der Waals surface area contributed by atoms with E-state index in [1.54, 1.807) is 11.3 Å². The molecule has 4 heteroatoms. The monoisotopic (exact) mass is 332 g/mol. The maximum Gasteiger partial charge on any atom is 0.0701 e. The van der Waals surface area contributed by atoms with Gasteiger partial charge >= 0.3 is 0 Å². The molecule has 0 amide bonds. The van der Waals surface area contributed by atoms with E-state index >= 15 is 0 Å². The summed E-state index contributed by atoms with van der Waals surface area (Å²) in [5.41, 5.74) is 1.69. The van der Waals surface area contributed by atoms with Gasteiger partial charge in [0.25, 0.3) is 0 Å². The highest BCUT2D eigenvalue weighted by atomic mass is 79.9. The van der Waals surface area contributed by atoms with Gasteiger partial charge < -0.3 is 10.2 Å². The molecule has 0 fully saturated rings. The molecule has 0 unspecified atom stereocenters. The van der Waals surface area contributed by atoms with Crippen LogP contribution in [0.4, 0.5) is 0 Å². The van der Waals surface area contributed by atoms with Crippen LogP contribution < -0.4 is 5.32 Å². The summed E-state index contributed by atoms with van der Waals surface area (Å²) < 4.78 is 1.21. The smallest absolute Gasteiger partial charge is 0.0701 e. The van der Waals surface area contributed by atoms with Crippen molar-refractivity contribution in [2.24, 2.45) is 5.41 Å². The van der Waals surface area contributed by atoms with Crippen molar-refractivity contribution < 1.29 is 0 Å². The number of hydrogen-bond acceptors (Lipinski definition) is 3. The van der Waals surface area contributed by atoms with Gasteiger partial charge in [0.15, 0.2) is 0 Å². The molecule has 0 atom stereocenters. The first-order valence-electron chi connectivity index (χ1n) is 6.43. The molecule has 18 heavy (non-hydrogen) atoms. The van der Waals surface area contributed by atoms with Gasteiger partial charge in [-0.05, 0) is 45.4 Å². The summed E-state index contributed by atoms with van der Waals surface area (Å²) in [6.45, 7) is 12.2.